The maximum Gasteiger partial charge on any atom is 0.325 e. The van der Waals surface area contributed by atoms with Crippen LogP contribution in [-0.2, 0) is 9.59 Å². The average molecular weight is 265 g/mol. The zero-order valence-corrected chi connectivity index (χ0v) is 10.9. The molecule has 2 atom stereocenters. The van der Waals surface area contributed by atoms with Gasteiger partial charge in [-0.25, -0.2) is 0 Å². The van der Waals surface area contributed by atoms with Gasteiger partial charge in [-0.2, -0.15) is 0 Å². The third-order valence-electron chi connectivity index (χ3n) is 3.00. The van der Waals surface area contributed by atoms with Gasteiger partial charge in [0.1, 0.15) is 6.04 Å². The number of carboxylic acid groups (broad SMARTS) is 1. The summed E-state index contributed by atoms with van der Waals surface area (Å²) in [6.07, 6.45) is 0.750. The number of carbonyl (C=O) groups is 2. The van der Waals surface area contributed by atoms with Crippen molar-refractivity contribution in [3.05, 3.63) is 29.8 Å². The van der Waals surface area contributed by atoms with E-state index in [0.29, 0.717) is 0 Å². The van der Waals surface area contributed by atoms with Gasteiger partial charge in [-0.05, 0) is 30.7 Å². The molecule has 1 aliphatic rings. The van der Waals surface area contributed by atoms with Crippen molar-refractivity contribution in [3.8, 4) is 0 Å². The molecular formula is C13H15NO3S. The van der Waals surface area contributed by atoms with Crippen LogP contribution in [0, 0.1) is 0 Å². The van der Waals surface area contributed by atoms with E-state index in [4.69, 9.17) is 5.11 Å². The third-order valence-corrected chi connectivity index (χ3v) is 4.13. The number of amides is 1. The molecule has 1 amide bonds. The Morgan fingerprint density at radius 2 is 2.17 bits per heavy atom. The minimum Gasteiger partial charge on any atom is -0.480 e. The number of rotatable bonds is 3. The van der Waals surface area contributed by atoms with Gasteiger partial charge in [0.15, 0.2) is 0 Å². The van der Waals surface area contributed by atoms with E-state index >= 15 is 0 Å². The van der Waals surface area contributed by atoms with E-state index in [9.17, 15) is 9.59 Å². The van der Waals surface area contributed by atoms with Crippen LogP contribution >= 0.6 is 11.8 Å². The van der Waals surface area contributed by atoms with Crippen LogP contribution in [0.2, 0.25) is 0 Å². The van der Waals surface area contributed by atoms with Crippen molar-refractivity contribution in [1.82, 2.24) is 5.32 Å². The molecule has 4 nitrogen and oxygen atoms in total. The zero-order valence-electron chi connectivity index (χ0n) is 10.1. The molecule has 0 spiro atoms. The molecule has 1 heterocycles. The number of hydrogen-bond acceptors (Lipinski definition) is 3. The first-order valence-electron chi connectivity index (χ1n) is 5.84. The topological polar surface area (TPSA) is 66.4 Å². The van der Waals surface area contributed by atoms with E-state index in [1.165, 1.54) is 6.92 Å². The summed E-state index contributed by atoms with van der Waals surface area (Å²) in [7, 11) is 0. The summed E-state index contributed by atoms with van der Waals surface area (Å²) in [5.74, 6) is -0.556. The van der Waals surface area contributed by atoms with Gasteiger partial charge in [0.2, 0.25) is 5.91 Å². The van der Waals surface area contributed by atoms with Crippen LogP contribution in [0.5, 0.6) is 0 Å². The summed E-state index contributed by atoms with van der Waals surface area (Å²) < 4.78 is 0. The number of nitrogens with one attached hydrogen (secondary N) is 1. The minimum atomic E-state index is -1.01. The summed E-state index contributed by atoms with van der Waals surface area (Å²) in [6.45, 7) is 1.48. The quantitative estimate of drug-likeness (QED) is 0.875. The summed E-state index contributed by atoms with van der Waals surface area (Å²) in [6, 6.07) is 6.95. The van der Waals surface area contributed by atoms with Gasteiger partial charge in [-0.3, -0.25) is 9.59 Å². The van der Waals surface area contributed by atoms with E-state index in [2.05, 4.69) is 5.32 Å². The zero-order chi connectivity index (χ0) is 13.1. The Kier molecular flexibility index (Phi) is 3.91. The number of benzene rings is 1. The molecule has 1 aromatic rings. The molecule has 0 aliphatic carbocycles. The third kappa shape index (κ3) is 2.67. The molecule has 1 unspecified atom stereocenters. The number of hydrogen-bond donors (Lipinski definition) is 2. The molecule has 0 saturated carbocycles. The smallest absolute Gasteiger partial charge is 0.325 e. The van der Waals surface area contributed by atoms with Crippen molar-refractivity contribution in [3.63, 3.8) is 0 Å². The largest absolute Gasteiger partial charge is 0.480 e. The predicted molar refractivity (Wildman–Crippen MR) is 69.8 cm³/mol. The summed E-state index contributed by atoms with van der Waals surface area (Å²) in [5.41, 5.74) is 1.00. The van der Waals surface area contributed by atoms with Gasteiger partial charge < -0.3 is 10.4 Å². The Balaban J connectivity index is 2.15. The van der Waals surface area contributed by atoms with E-state index in [1.807, 2.05) is 24.3 Å². The second kappa shape index (κ2) is 5.44. The monoisotopic (exact) mass is 265 g/mol. The van der Waals surface area contributed by atoms with Crippen molar-refractivity contribution in [2.45, 2.75) is 30.2 Å². The van der Waals surface area contributed by atoms with Crippen molar-refractivity contribution < 1.29 is 14.7 Å². The van der Waals surface area contributed by atoms with Crippen molar-refractivity contribution >= 4 is 23.6 Å². The highest BCUT2D eigenvalue weighted by Crippen LogP contribution is 2.37. The number of fused-ring (bicyclic) bond motifs is 1. The first kappa shape index (κ1) is 13.0. The summed E-state index contributed by atoms with van der Waals surface area (Å²) >= 11 is 1.74. The van der Waals surface area contributed by atoms with Crippen LogP contribution in [0.25, 0.3) is 0 Å². The normalized spacial score (nSPS) is 19.7. The molecule has 2 N–H and O–H groups in total. The molecule has 0 bridgehead atoms. The lowest BCUT2D eigenvalue weighted by molar-refractivity contribution is -0.141. The lowest BCUT2D eigenvalue weighted by atomic mass is 9.94. The van der Waals surface area contributed by atoms with Crippen LogP contribution in [0.1, 0.15) is 24.8 Å². The lowest BCUT2D eigenvalue weighted by Crippen LogP contribution is -2.41. The highest BCUT2D eigenvalue weighted by molar-refractivity contribution is 7.99. The first-order valence-corrected chi connectivity index (χ1v) is 6.83. The lowest BCUT2D eigenvalue weighted by Gasteiger charge is -2.24. The number of carbonyl (C=O) groups excluding carboxylic acids is 1. The molecule has 96 valence electrons. The molecule has 0 radical (unpaired) electrons. The molecule has 1 aromatic carbocycles. The second-order valence-corrected chi connectivity index (χ2v) is 5.43. The summed E-state index contributed by atoms with van der Waals surface area (Å²) in [4.78, 5) is 24.0. The molecule has 0 saturated heterocycles. The predicted octanol–water partition coefficient (Wildman–Crippen LogP) is 1.86. The second-order valence-electron chi connectivity index (χ2n) is 4.30. The maximum absolute atomic E-state index is 12.1. The van der Waals surface area contributed by atoms with E-state index in [0.717, 1.165) is 22.6 Å². The Hall–Kier alpha value is -1.49. The van der Waals surface area contributed by atoms with Crippen LogP contribution < -0.4 is 5.32 Å². The van der Waals surface area contributed by atoms with Crippen LogP contribution in [0.15, 0.2) is 29.2 Å². The molecule has 0 aromatic heterocycles. The van der Waals surface area contributed by atoms with Crippen LogP contribution in [0.3, 0.4) is 0 Å². The van der Waals surface area contributed by atoms with E-state index in [1.54, 1.807) is 11.8 Å². The Labute approximate surface area is 110 Å². The van der Waals surface area contributed by atoms with Crippen LogP contribution in [0.4, 0.5) is 0 Å². The molecular weight excluding hydrogens is 250 g/mol. The highest BCUT2D eigenvalue weighted by Gasteiger charge is 2.28. The molecule has 18 heavy (non-hydrogen) atoms. The van der Waals surface area contributed by atoms with Crippen LogP contribution in [-0.4, -0.2) is 28.8 Å². The fourth-order valence-electron chi connectivity index (χ4n) is 1.99. The van der Waals surface area contributed by atoms with E-state index < -0.39 is 12.0 Å². The van der Waals surface area contributed by atoms with Gasteiger partial charge in [0.05, 0.1) is 5.92 Å². The maximum atomic E-state index is 12.1. The molecule has 1 aliphatic heterocycles. The highest BCUT2D eigenvalue weighted by atomic mass is 32.2. The number of thioether (sulfide) groups is 1. The SMILES string of the molecule is C[C@H](NC(=O)C1CCSc2ccccc21)C(=O)O. The first-order chi connectivity index (χ1) is 8.59. The van der Waals surface area contributed by atoms with E-state index in [-0.39, 0.29) is 11.8 Å². The van der Waals surface area contributed by atoms with Crippen molar-refractivity contribution in [2.24, 2.45) is 0 Å². The standard InChI is InChI=1S/C13H15NO3S/c1-8(13(16)17)14-12(15)10-6-7-18-11-5-3-2-4-9(10)11/h2-5,8,10H,6-7H2,1H3,(H,14,15)(H,16,17)/t8-,10?/m0/s1. The number of carboxylic acids is 1. The Morgan fingerprint density at radius 1 is 1.44 bits per heavy atom. The number of aliphatic carboxylic acids is 1. The van der Waals surface area contributed by atoms with Crippen molar-refractivity contribution in [1.29, 1.82) is 0 Å². The minimum absolute atomic E-state index is 0.197. The van der Waals surface area contributed by atoms with Gasteiger partial charge in [-0.1, -0.05) is 18.2 Å². The molecule has 2 rings (SSSR count). The fraction of sp³-hybridized carbons (Fsp3) is 0.385. The van der Waals surface area contributed by atoms with Crippen molar-refractivity contribution in [2.75, 3.05) is 5.75 Å². The van der Waals surface area contributed by atoms with Gasteiger partial charge >= 0.3 is 5.97 Å². The fourth-order valence-corrected chi connectivity index (χ4v) is 3.12. The molecule has 5 heteroatoms. The van der Waals surface area contributed by atoms with Gasteiger partial charge in [0.25, 0.3) is 0 Å². The summed E-state index contributed by atoms with van der Waals surface area (Å²) in [5, 5.41) is 11.3. The van der Waals surface area contributed by atoms with Gasteiger partial charge in [-0.15, -0.1) is 11.8 Å². The van der Waals surface area contributed by atoms with Gasteiger partial charge in [0, 0.05) is 4.90 Å². The Bertz CT molecular complexity index is 475. The Morgan fingerprint density at radius 3 is 2.89 bits per heavy atom. The average Bonchev–Trinajstić information content (AvgIpc) is 2.37. The molecule has 0 fully saturated rings.